The molecule has 0 aliphatic heterocycles. The predicted octanol–water partition coefficient (Wildman–Crippen LogP) is -0.922. The molecule has 0 aliphatic rings. The van der Waals surface area contributed by atoms with Crippen LogP contribution in [0.4, 0.5) is 0 Å². The molecule has 4 nitrogen and oxygen atoms in total. The quantitative estimate of drug-likeness (QED) is 0.518. The van der Waals surface area contributed by atoms with Gasteiger partial charge >= 0.3 is 58.2 Å². The number of hydrogen-bond acceptors (Lipinski definition) is 3. The van der Waals surface area contributed by atoms with Gasteiger partial charge < -0.3 is 4.74 Å². The number of halogens is 1. The monoisotopic (exact) mass is 352 g/mol. The summed E-state index contributed by atoms with van der Waals surface area (Å²) in [5.74, 6) is -0.373. The van der Waals surface area contributed by atoms with E-state index in [1.807, 2.05) is 0 Å². The normalized spacial score (nSPS) is 9.88. The number of fused-ring (bicyclic) bond motifs is 1. The van der Waals surface area contributed by atoms with Crippen LogP contribution in [0.3, 0.4) is 0 Å². The molecular formula is C10H8BrN2O2Rb. The maximum atomic E-state index is 11.5. The molecular weight excluding hydrogens is 345 g/mol. The topological polar surface area (TPSA) is 43.6 Å². The average molecular weight is 354 g/mol. The Labute approximate surface area is 150 Å². The van der Waals surface area contributed by atoms with E-state index in [9.17, 15) is 4.79 Å². The molecule has 16 heavy (non-hydrogen) atoms. The third-order valence-corrected chi connectivity index (χ3v) is 2.35. The van der Waals surface area contributed by atoms with E-state index in [4.69, 9.17) is 4.74 Å². The van der Waals surface area contributed by atoms with Crippen molar-refractivity contribution in [2.75, 3.05) is 6.61 Å². The van der Waals surface area contributed by atoms with E-state index < -0.39 is 0 Å². The van der Waals surface area contributed by atoms with E-state index in [1.54, 1.807) is 23.7 Å². The zero-order valence-electron chi connectivity index (χ0n) is 9.03. The minimum atomic E-state index is -0.373. The van der Waals surface area contributed by atoms with Gasteiger partial charge in [-0.15, -0.1) is 12.1 Å². The number of hydrogen-bond donors (Lipinski definition) is 0. The van der Waals surface area contributed by atoms with Crippen molar-refractivity contribution >= 4 is 27.4 Å². The smallest absolute Gasteiger partial charge is 0.471 e. The van der Waals surface area contributed by atoms with Gasteiger partial charge in [-0.3, -0.25) is 9.31 Å². The second kappa shape index (κ2) is 6.40. The Morgan fingerprint density at radius 3 is 3.12 bits per heavy atom. The number of pyridine rings is 1. The second-order valence-electron chi connectivity index (χ2n) is 2.86. The SMILES string of the molecule is CCOC(=O)c1cnn2ccc(Br)[c-]c12.[Rb+]. The van der Waals surface area contributed by atoms with Gasteiger partial charge in [0.2, 0.25) is 0 Å². The van der Waals surface area contributed by atoms with Gasteiger partial charge in [-0.2, -0.15) is 5.10 Å². The summed E-state index contributed by atoms with van der Waals surface area (Å²) in [5.41, 5.74) is 1.04. The standard InChI is InChI=1S/C10H8BrN2O2.Rb/c1-2-15-10(14)8-6-12-13-4-3-7(11)5-9(8)13;/h3-4,6H,2H2,1H3;/q-1;+1. The van der Waals surface area contributed by atoms with Gasteiger partial charge in [0.1, 0.15) is 0 Å². The van der Waals surface area contributed by atoms with Crippen LogP contribution in [0.5, 0.6) is 0 Å². The van der Waals surface area contributed by atoms with Crippen LogP contribution >= 0.6 is 15.9 Å². The number of rotatable bonds is 2. The summed E-state index contributed by atoms with van der Waals surface area (Å²) in [4.78, 5) is 11.5. The van der Waals surface area contributed by atoms with Crippen molar-refractivity contribution < 1.29 is 67.7 Å². The zero-order valence-corrected chi connectivity index (χ0v) is 15.5. The molecule has 0 saturated carbocycles. The molecule has 0 fully saturated rings. The fraction of sp³-hybridized carbons (Fsp3) is 0.200. The molecule has 78 valence electrons. The fourth-order valence-electron chi connectivity index (χ4n) is 1.25. The average Bonchev–Trinajstić information content (AvgIpc) is 2.60. The number of nitrogens with zero attached hydrogens (tertiary/aromatic N) is 2. The van der Waals surface area contributed by atoms with Gasteiger partial charge in [-0.05, 0) is 18.6 Å². The molecule has 2 aromatic rings. The van der Waals surface area contributed by atoms with Gasteiger partial charge in [-0.25, -0.2) is 0 Å². The van der Waals surface area contributed by atoms with Crippen LogP contribution < -0.4 is 58.2 Å². The Balaban J connectivity index is 0.00000128. The maximum Gasteiger partial charge on any atom is 1.00 e. The molecule has 0 amide bonds. The van der Waals surface area contributed by atoms with Gasteiger partial charge in [0, 0.05) is 11.8 Å². The van der Waals surface area contributed by atoms with Crippen molar-refractivity contribution in [3.8, 4) is 0 Å². The Bertz CT molecular complexity index is 512. The number of carbonyl (C=O) groups is 1. The molecule has 2 rings (SSSR count). The molecule has 0 aliphatic carbocycles. The summed E-state index contributed by atoms with van der Waals surface area (Å²) in [7, 11) is 0. The van der Waals surface area contributed by atoms with Crippen LogP contribution in [0.2, 0.25) is 0 Å². The maximum absolute atomic E-state index is 11.5. The van der Waals surface area contributed by atoms with Crippen molar-refractivity contribution in [3.63, 3.8) is 0 Å². The van der Waals surface area contributed by atoms with Crippen LogP contribution in [0.15, 0.2) is 22.9 Å². The van der Waals surface area contributed by atoms with Crippen LogP contribution in [-0.2, 0) is 4.74 Å². The van der Waals surface area contributed by atoms with Crippen molar-refractivity contribution in [1.82, 2.24) is 9.61 Å². The zero-order chi connectivity index (χ0) is 10.8. The van der Waals surface area contributed by atoms with E-state index in [1.165, 1.54) is 6.20 Å². The molecule has 0 bridgehead atoms. The van der Waals surface area contributed by atoms with Crippen LogP contribution in [0.1, 0.15) is 17.3 Å². The number of carbonyl (C=O) groups excluding carboxylic acids is 1. The van der Waals surface area contributed by atoms with Gasteiger partial charge in [0.15, 0.2) is 0 Å². The van der Waals surface area contributed by atoms with Crippen molar-refractivity contribution in [2.24, 2.45) is 0 Å². The summed E-state index contributed by atoms with van der Waals surface area (Å²) < 4.78 is 7.27. The van der Waals surface area contributed by atoms with E-state index in [0.717, 1.165) is 4.47 Å². The van der Waals surface area contributed by atoms with E-state index in [2.05, 4.69) is 27.1 Å². The minimum absolute atomic E-state index is 0. The van der Waals surface area contributed by atoms with E-state index in [-0.39, 0.29) is 64.2 Å². The minimum Gasteiger partial charge on any atom is -0.471 e. The summed E-state index contributed by atoms with van der Waals surface area (Å²) in [6, 6.07) is 4.79. The predicted molar refractivity (Wildman–Crippen MR) is 57.7 cm³/mol. The largest absolute Gasteiger partial charge is 1.00 e. The molecule has 6 heteroatoms. The summed E-state index contributed by atoms with van der Waals surface area (Å²) in [6.45, 7) is 2.12. The van der Waals surface area contributed by atoms with E-state index in [0.29, 0.717) is 17.7 Å². The first kappa shape index (κ1) is 14.5. The van der Waals surface area contributed by atoms with Gasteiger partial charge in [0.25, 0.3) is 5.97 Å². The fourth-order valence-corrected chi connectivity index (χ4v) is 1.55. The molecule has 0 aromatic carbocycles. The van der Waals surface area contributed by atoms with E-state index >= 15 is 0 Å². The second-order valence-corrected chi connectivity index (χ2v) is 3.71. The van der Waals surface area contributed by atoms with Crippen molar-refractivity contribution in [2.45, 2.75) is 6.92 Å². The molecule has 0 N–H and O–H groups in total. The first-order chi connectivity index (χ1) is 7.22. The molecule has 2 aromatic heterocycles. The van der Waals surface area contributed by atoms with Crippen molar-refractivity contribution in [1.29, 1.82) is 0 Å². The summed E-state index contributed by atoms with van der Waals surface area (Å²) in [6.07, 6.45) is 3.23. The van der Waals surface area contributed by atoms with Gasteiger partial charge in [-0.1, -0.05) is 20.4 Å². The van der Waals surface area contributed by atoms with Crippen LogP contribution in [-0.4, -0.2) is 22.2 Å². The summed E-state index contributed by atoms with van der Waals surface area (Å²) in [5, 5.41) is 4.03. The molecule has 0 atom stereocenters. The summed E-state index contributed by atoms with van der Waals surface area (Å²) >= 11 is 3.29. The third kappa shape index (κ3) is 3.01. The molecule has 0 spiro atoms. The molecule has 0 saturated heterocycles. The van der Waals surface area contributed by atoms with Gasteiger partial charge in [0.05, 0.1) is 6.61 Å². The number of esters is 1. The van der Waals surface area contributed by atoms with Crippen LogP contribution in [0, 0.1) is 6.07 Å². The Morgan fingerprint density at radius 1 is 1.69 bits per heavy atom. The Morgan fingerprint density at radius 2 is 2.44 bits per heavy atom. The molecule has 2 heterocycles. The van der Waals surface area contributed by atoms with Crippen LogP contribution in [0.25, 0.3) is 5.52 Å². The van der Waals surface area contributed by atoms with Crippen molar-refractivity contribution in [3.05, 3.63) is 34.6 Å². The first-order valence-electron chi connectivity index (χ1n) is 4.44. The Kier molecular flexibility index (Phi) is 5.80. The number of aromatic nitrogens is 2. The molecule has 0 unspecified atom stereocenters. The number of ether oxygens (including phenoxy) is 1. The third-order valence-electron chi connectivity index (χ3n) is 1.89. The Hall–Kier alpha value is 0.445. The molecule has 0 radical (unpaired) electrons. The first-order valence-corrected chi connectivity index (χ1v) is 5.24.